The van der Waals surface area contributed by atoms with Crippen LogP contribution in [0.5, 0.6) is 0 Å². The van der Waals surface area contributed by atoms with Gasteiger partial charge in [-0.25, -0.2) is 0 Å². The lowest BCUT2D eigenvalue weighted by atomic mass is 9.90. The third-order valence-electron chi connectivity index (χ3n) is 5.76. The molecule has 25 heavy (non-hydrogen) atoms. The van der Waals surface area contributed by atoms with Gasteiger partial charge in [0.25, 0.3) is 5.91 Å². The molecule has 6 nitrogen and oxygen atoms in total. The highest BCUT2D eigenvalue weighted by Gasteiger charge is 2.27. The molecule has 1 saturated heterocycles. The van der Waals surface area contributed by atoms with Crippen LogP contribution in [0.4, 0.5) is 0 Å². The van der Waals surface area contributed by atoms with E-state index in [4.69, 9.17) is 0 Å². The Bertz CT molecular complexity index is 721. The van der Waals surface area contributed by atoms with Gasteiger partial charge in [-0.1, -0.05) is 19.3 Å². The van der Waals surface area contributed by atoms with Crippen LogP contribution in [0.3, 0.4) is 0 Å². The Labute approximate surface area is 148 Å². The number of rotatable bonds is 4. The van der Waals surface area contributed by atoms with Crippen molar-refractivity contribution >= 4 is 11.6 Å². The number of piperidine rings is 1. The van der Waals surface area contributed by atoms with Crippen LogP contribution in [0, 0.1) is 5.92 Å². The van der Waals surface area contributed by atoms with Crippen molar-refractivity contribution in [1.29, 1.82) is 0 Å². The molecule has 1 amide bonds. The summed E-state index contributed by atoms with van der Waals surface area (Å²) < 4.78 is 1.78. The van der Waals surface area contributed by atoms with E-state index in [1.54, 1.807) is 10.7 Å². The van der Waals surface area contributed by atoms with E-state index in [-0.39, 0.29) is 5.91 Å². The molecule has 1 aliphatic carbocycles. The lowest BCUT2D eigenvalue weighted by Crippen LogP contribution is -2.46. The fourth-order valence-corrected chi connectivity index (χ4v) is 4.40. The summed E-state index contributed by atoms with van der Waals surface area (Å²) in [6, 6.07) is 4.45. The number of nitrogens with one attached hydrogen (secondary N) is 1. The van der Waals surface area contributed by atoms with Crippen molar-refractivity contribution in [1.82, 2.24) is 24.8 Å². The highest BCUT2D eigenvalue weighted by Crippen LogP contribution is 2.27. The van der Waals surface area contributed by atoms with Crippen LogP contribution in [-0.2, 0) is 0 Å². The van der Waals surface area contributed by atoms with Crippen LogP contribution in [0.2, 0.25) is 0 Å². The van der Waals surface area contributed by atoms with Gasteiger partial charge in [0, 0.05) is 25.3 Å². The Morgan fingerprint density at radius 2 is 2.08 bits per heavy atom. The molecule has 1 unspecified atom stereocenters. The second-order valence-corrected chi connectivity index (χ2v) is 7.49. The molecule has 3 heterocycles. The van der Waals surface area contributed by atoms with Crippen molar-refractivity contribution in [3.05, 3.63) is 30.2 Å². The van der Waals surface area contributed by atoms with E-state index >= 15 is 0 Å². The first kappa shape index (κ1) is 16.5. The van der Waals surface area contributed by atoms with Gasteiger partial charge in [-0.3, -0.25) is 9.20 Å². The molecule has 0 bridgehead atoms. The van der Waals surface area contributed by atoms with Gasteiger partial charge in [0.2, 0.25) is 0 Å². The minimum Gasteiger partial charge on any atom is -0.352 e. The maximum absolute atomic E-state index is 12.6. The molecule has 6 heteroatoms. The maximum atomic E-state index is 12.6. The van der Waals surface area contributed by atoms with Gasteiger partial charge >= 0.3 is 0 Å². The average Bonchev–Trinajstić information content (AvgIpc) is 3.16. The smallest absolute Gasteiger partial charge is 0.255 e. The Morgan fingerprint density at radius 1 is 1.20 bits per heavy atom. The third kappa shape index (κ3) is 3.68. The first-order valence-corrected chi connectivity index (χ1v) is 9.62. The van der Waals surface area contributed by atoms with Crippen LogP contribution in [0.1, 0.15) is 55.3 Å². The predicted octanol–water partition coefficient (Wildman–Crippen LogP) is 2.50. The Hall–Kier alpha value is -1.95. The Morgan fingerprint density at radius 3 is 2.96 bits per heavy atom. The summed E-state index contributed by atoms with van der Waals surface area (Å²) in [4.78, 5) is 15.3. The van der Waals surface area contributed by atoms with Crippen molar-refractivity contribution < 1.29 is 4.79 Å². The number of likely N-dealkylation sites (tertiary alicyclic amines) is 1. The molecule has 1 N–H and O–H groups in total. The zero-order valence-corrected chi connectivity index (χ0v) is 14.7. The van der Waals surface area contributed by atoms with Gasteiger partial charge in [-0.05, 0) is 50.3 Å². The highest BCUT2D eigenvalue weighted by atomic mass is 16.1. The van der Waals surface area contributed by atoms with E-state index in [9.17, 15) is 4.79 Å². The molecule has 0 aromatic carbocycles. The number of fused-ring (bicyclic) bond motifs is 1. The van der Waals surface area contributed by atoms with Crippen LogP contribution in [0.15, 0.2) is 24.7 Å². The lowest BCUT2D eigenvalue weighted by Gasteiger charge is -2.40. The van der Waals surface area contributed by atoms with Crippen LogP contribution >= 0.6 is 0 Å². The Balaban J connectivity index is 1.34. The molecule has 2 aliphatic rings. The summed E-state index contributed by atoms with van der Waals surface area (Å²) in [5.74, 6) is 0.505. The normalized spacial score (nSPS) is 23.0. The number of carbonyl (C=O) groups is 1. The molecule has 4 rings (SSSR count). The van der Waals surface area contributed by atoms with Crippen LogP contribution < -0.4 is 5.32 Å². The number of hydrogen-bond donors (Lipinski definition) is 1. The van der Waals surface area contributed by atoms with Crippen molar-refractivity contribution in [2.75, 3.05) is 19.6 Å². The molecule has 2 aromatic rings. The summed E-state index contributed by atoms with van der Waals surface area (Å²) in [6.45, 7) is 3.10. The van der Waals surface area contributed by atoms with Crippen molar-refractivity contribution in [3.8, 4) is 0 Å². The zero-order valence-electron chi connectivity index (χ0n) is 14.7. The van der Waals surface area contributed by atoms with Crippen molar-refractivity contribution in [2.24, 2.45) is 5.92 Å². The second kappa shape index (κ2) is 7.52. The fourth-order valence-electron chi connectivity index (χ4n) is 4.40. The minimum absolute atomic E-state index is 0.0478. The largest absolute Gasteiger partial charge is 0.352 e. The molecular formula is C19H27N5O. The molecular weight excluding hydrogens is 314 g/mol. The summed E-state index contributed by atoms with van der Waals surface area (Å²) in [6.07, 6.45) is 12.8. The van der Waals surface area contributed by atoms with Gasteiger partial charge in [0.05, 0.1) is 5.56 Å². The van der Waals surface area contributed by atoms with E-state index in [1.807, 2.05) is 18.3 Å². The number of nitrogens with zero attached hydrogens (tertiary/aromatic N) is 4. The minimum atomic E-state index is -0.0478. The summed E-state index contributed by atoms with van der Waals surface area (Å²) in [5.41, 5.74) is 1.22. The molecule has 2 fully saturated rings. The number of hydrogen-bond acceptors (Lipinski definition) is 4. The molecule has 2 aromatic heterocycles. The number of carbonyl (C=O) groups excluding carboxylic acids is 1. The quantitative estimate of drug-likeness (QED) is 0.928. The number of aromatic nitrogens is 3. The second-order valence-electron chi connectivity index (χ2n) is 7.49. The van der Waals surface area contributed by atoms with Gasteiger partial charge in [-0.2, -0.15) is 0 Å². The van der Waals surface area contributed by atoms with Gasteiger partial charge in [0.1, 0.15) is 6.33 Å². The fraction of sp³-hybridized carbons (Fsp3) is 0.632. The zero-order chi connectivity index (χ0) is 17.1. The summed E-state index contributed by atoms with van der Waals surface area (Å²) in [7, 11) is 0. The van der Waals surface area contributed by atoms with Crippen molar-refractivity contribution in [3.63, 3.8) is 0 Å². The molecule has 0 spiro atoms. The Kier molecular flexibility index (Phi) is 4.97. The molecule has 0 radical (unpaired) electrons. The highest BCUT2D eigenvalue weighted by molar-refractivity contribution is 5.99. The standard InChI is InChI=1S/C19H27N5O/c25-19(17-9-5-11-24-14-21-22-18(17)24)20-12-15-6-4-10-23(13-15)16-7-2-1-3-8-16/h5,9,11,14-16H,1-4,6-8,10,12-13H2,(H,20,25). The topological polar surface area (TPSA) is 62.5 Å². The average molecular weight is 341 g/mol. The molecule has 134 valence electrons. The van der Waals surface area contributed by atoms with E-state index in [0.29, 0.717) is 17.1 Å². The number of pyridine rings is 1. The molecule has 1 atom stereocenters. The predicted molar refractivity (Wildman–Crippen MR) is 96.5 cm³/mol. The van der Waals surface area contributed by atoms with E-state index in [0.717, 1.165) is 19.1 Å². The molecule has 1 saturated carbocycles. The van der Waals surface area contributed by atoms with E-state index in [1.165, 1.54) is 51.5 Å². The van der Waals surface area contributed by atoms with Gasteiger partial charge in [0.15, 0.2) is 5.65 Å². The van der Waals surface area contributed by atoms with Crippen LogP contribution in [0.25, 0.3) is 5.65 Å². The van der Waals surface area contributed by atoms with E-state index in [2.05, 4.69) is 20.4 Å². The first-order valence-electron chi connectivity index (χ1n) is 9.62. The van der Waals surface area contributed by atoms with E-state index < -0.39 is 0 Å². The maximum Gasteiger partial charge on any atom is 0.255 e. The summed E-state index contributed by atoms with van der Waals surface area (Å²) in [5, 5.41) is 11.1. The monoisotopic (exact) mass is 341 g/mol. The van der Waals surface area contributed by atoms with Crippen LogP contribution in [-0.4, -0.2) is 51.1 Å². The lowest BCUT2D eigenvalue weighted by molar-refractivity contribution is 0.0867. The summed E-state index contributed by atoms with van der Waals surface area (Å²) >= 11 is 0. The molecule has 1 aliphatic heterocycles. The van der Waals surface area contributed by atoms with Crippen molar-refractivity contribution in [2.45, 2.75) is 51.0 Å². The first-order chi connectivity index (χ1) is 12.3. The third-order valence-corrected chi connectivity index (χ3v) is 5.76. The SMILES string of the molecule is O=C(NCC1CCCN(C2CCCCC2)C1)c1cccn2cnnc12. The van der Waals surface area contributed by atoms with Gasteiger partial charge in [-0.15, -0.1) is 10.2 Å². The number of amides is 1. The van der Waals surface area contributed by atoms with Gasteiger partial charge < -0.3 is 10.2 Å².